The van der Waals surface area contributed by atoms with Gasteiger partial charge in [-0.3, -0.25) is 4.79 Å². The number of hydrogen-bond donors (Lipinski definition) is 1. The van der Waals surface area contributed by atoms with E-state index >= 15 is 0 Å². The highest BCUT2D eigenvalue weighted by atomic mass is 16.1. The summed E-state index contributed by atoms with van der Waals surface area (Å²) >= 11 is 0. The topological polar surface area (TPSA) is 58.1 Å². The number of aromatic nitrogens is 2. The minimum atomic E-state index is -0.123. The van der Waals surface area contributed by atoms with Gasteiger partial charge in [0, 0.05) is 24.3 Å². The van der Waals surface area contributed by atoms with E-state index in [1.165, 1.54) is 19.3 Å². The van der Waals surface area contributed by atoms with Gasteiger partial charge < -0.3 is 10.2 Å². The lowest BCUT2D eigenvalue weighted by molar-refractivity contribution is 0.0938. The van der Waals surface area contributed by atoms with Gasteiger partial charge >= 0.3 is 0 Å². The summed E-state index contributed by atoms with van der Waals surface area (Å²) < 4.78 is 0. The fraction of sp³-hybridized carbons (Fsp3) is 0.688. The minimum absolute atomic E-state index is 0.106. The first-order valence-electron chi connectivity index (χ1n) is 7.94. The number of anilines is 1. The van der Waals surface area contributed by atoms with E-state index in [1.807, 2.05) is 20.8 Å². The fourth-order valence-electron chi connectivity index (χ4n) is 2.82. The lowest BCUT2D eigenvalue weighted by Gasteiger charge is -2.35. The molecule has 0 spiro atoms. The van der Waals surface area contributed by atoms with Crippen LogP contribution >= 0.6 is 0 Å². The van der Waals surface area contributed by atoms with Gasteiger partial charge in [-0.05, 0) is 52.5 Å². The Morgan fingerprint density at radius 3 is 2.86 bits per heavy atom. The molecule has 1 N–H and O–H groups in total. The quantitative estimate of drug-likeness (QED) is 0.926. The molecule has 1 aliphatic rings. The summed E-state index contributed by atoms with van der Waals surface area (Å²) in [6, 6.07) is 2.35. The van der Waals surface area contributed by atoms with E-state index in [2.05, 4.69) is 27.1 Å². The molecule has 2 rings (SSSR count). The molecule has 0 aromatic carbocycles. The van der Waals surface area contributed by atoms with Crippen LogP contribution in [-0.4, -0.2) is 34.5 Å². The van der Waals surface area contributed by atoms with Gasteiger partial charge in [0.25, 0.3) is 5.91 Å². The Labute approximate surface area is 127 Å². The summed E-state index contributed by atoms with van der Waals surface area (Å²) in [5, 5.41) is 2.89. The van der Waals surface area contributed by atoms with Crippen LogP contribution in [-0.2, 0) is 0 Å². The Kier molecular flexibility index (Phi) is 5.15. The van der Waals surface area contributed by atoms with Gasteiger partial charge in [-0.1, -0.05) is 6.92 Å². The van der Waals surface area contributed by atoms with Gasteiger partial charge in [-0.25, -0.2) is 9.97 Å². The first kappa shape index (κ1) is 15.7. The highest BCUT2D eigenvalue weighted by molar-refractivity contribution is 5.92. The molecule has 0 radical (unpaired) electrons. The van der Waals surface area contributed by atoms with E-state index in [1.54, 1.807) is 6.07 Å². The second-order valence-electron chi connectivity index (χ2n) is 6.07. The SMILES string of the molecule is CCC1CCCCN1c1nc(C)cc(C(=O)NC(C)C)n1. The van der Waals surface area contributed by atoms with Crippen molar-refractivity contribution in [2.75, 3.05) is 11.4 Å². The van der Waals surface area contributed by atoms with E-state index in [-0.39, 0.29) is 11.9 Å². The Bertz CT molecular complexity index is 501. The molecule has 0 saturated carbocycles. The highest BCUT2D eigenvalue weighted by Crippen LogP contribution is 2.24. The van der Waals surface area contributed by atoms with Gasteiger partial charge in [-0.15, -0.1) is 0 Å². The van der Waals surface area contributed by atoms with Gasteiger partial charge in [-0.2, -0.15) is 0 Å². The minimum Gasteiger partial charge on any atom is -0.349 e. The molecule has 5 heteroatoms. The average Bonchev–Trinajstić information content (AvgIpc) is 2.45. The van der Waals surface area contributed by atoms with Crippen LogP contribution in [0.2, 0.25) is 0 Å². The van der Waals surface area contributed by atoms with Gasteiger partial charge in [0.15, 0.2) is 0 Å². The molecule has 1 aromatic rings. The Hall–Kier alpha value is -1.65. The number of amides is 1. The molecule has 1 aliphatic heterocycles. The largest absolute Gasteiger partial charge is 0.349 e. The summed E-state index contributed by atoms with van der Waals surface area (Å²) in [4.78, 5) is 23.5. The molecule has 1 saturated heterocycles. The monoisotopic (exact) mass is 290 g/mol. The molecule has 21 heavy (non-hydrogen) atoms. The van der Waals surface area contributed by atoms with Crippen molar-refractivity contribution in [1.82, 2.24) is 15.3 Å². The first-order valence-corrected chi connectivity index (χ1v) is 7.94. The summed E-state index contributed by atoms with van der Waals surface area (Å²) in [6.45, 7) is 9.00. The van der Waals surface area contributed by atoms with Crippen molar-refractivity contribution >= 4 is 11.9 Å². The third kappa shape index (κ3) is 3.93. The van der Waals surface area contributed by atoms with E-state index in [0.717, 1.165) is 18.7 Å². The number of nitrogens with one attached hydrogen (secondary N) is 1. The number of carbonyl (C=O) groups is 1. The first-order chi connectivity index (χ1) is 10.0. The number of piperidine rings is 1. The summed E-state index contributed by atoms with van der Waals surface area (Å²) in [6.07, 6.45) is 4.70. The number of rotatable bonds is 4. The van der Waals surface area contributed by atoms with Crippen LogP contribution in [0.1, 0.15) is 62.6 Å². The van der Waals surface area contributed by atoms with Crippen LogP contribution in [0.3, 0.4) is 0 Å². The maximum Gasteiger partial charge on any atom is 0.270 e. The fourth-order valence-corrected chi connectivity index (χ4v) is 2.82. The molecule has 1 fully saturated rings. The predicted molar refractivity (Wildman–Crippen MR) is 84.6 cm³/mol. The predicted octanol–water partition coefficient (Wildman–Crippen LogP) is 2.69. The molecular weight excluding hydrogens is 264 g/mol. The van der Waals surface area contributed by atoms with Crippen LogP contribution < -0.4 is 10.2 Å². The number of nitrogens with zero attached hydrogens (tertiary/aromatic N) is 3. The second-order valence-corrected chi connectivity index (χ2v) is 6.07. The maximum absolute atomic E-state index is 12.2. The van der Waals surface area contributed by atoms with E-state index in [0.29, 0.717) is 17.7 Å². The van der Waals surface area contributed by atoms with Crippen LogP contribution in [0, 0.1) is 6.92 Å². The molecular formula is C16H26N4O. The van der Waals surface area contributed by atoms with Crippen molar-refractivity contribution in [3.05, 3.63) is 17.5 Å². The molecule has 2 heterocycles. The standard InChI is InChI=1S/C16H26N4O/c1-5-13-8-6-7-9-20(13)16-18-12(4)10-14(19-16)15(21)17-11(2)3/h10-11,13H,5-9H2,1-4H3,(H,17,21). The summed E-state index contributed by atoms with van der Waals surface area (Å²) in [5.41, 5.74) is 1.31. The van der Waals surface area contributed by atoms with Crippen LogP contribution in [0.15, 0.2) is 6.07 Å². The Morgan fingerprint density at radius 1 is 1.43 bits per heavy atom. The second kappa shape index (κ2) is 6.87. The zero-order chi connectivity index (χ0) is 15.4. The van der Waals surface area contributed by atoms with Crippen molar-refractivity contribution in [2.45, 2.75) is 65.5 Å². The van der Waals surface area contributed by atoms with Crippen LogP contribution in [0.5, 0.6) is 0 Å². The molecule has 1 unspecified atom stereocenters. The highest BCUT2D eigenvalue weighted by Gasteiger charge is 2.24. The molecule has 5 nitrogen and oxygen atoms in total. The van der Waals surface area contributed by atoms with Gasteiger partial charge in [0.1, 0.15) is 5.69 Å². The van der Waals surface area contributed by atoms with Crippen molar-refractivity contribution in [3.8, 4) is 0 Å². The van der Waals surface area contributed by atoms with E-state index < -0.39 is 0 Å². The smallest absolute Gasteiger partial charge is 0.270 e. The molecule has 1 amide bonds. The van der Waals surface area contributed by atoms with E-state index in [9.17, 15) is 4.79 Å². The van der Waals surface area contributed by atoms with Crippen molar-refractivity contribution < 1.29 is 4.79 Å². The maximum atomic E-state index is 12.2. The van der Waals surface area contributed by atoms with Gasteiger partial charge in [0.05, 0.1) is 0 Å². The van der Waals surface area contributed by atoms with Crippen LogP contribution in [0.4, 0.5) is 5.95 Å². The lowest BCUT2D eigenvalue weighted by Crippen LogP contribution is -2.41. The molecule has 0 bridgehead atoms. The normalized spacial score (nSPS) is 18.9. The molecule has 0 aliphatic carbocycles. The van der Waals surface area contributed by atoms with Crippen LogP contribution in [0.25, 0.3) is 0 Å². The molecule has 1 aromatic heterocycles. The molecule has 116 valence electrons. The third-order valence-electron chi connectivity index (χ3n) is 3.85. The Balaban J connectivity index is 2.27. The van der Waals surface area contributed by atoms with Crippen molar-refractivity contribution in [3.63, 3.8) is 0 Å². The number of aryl methyl sites for hydroxylation is 1. The third-order valence-corrected chi connectivity index (χ3v) is 3.85. The lowest BCUT2D eigenvalue weighted by atomic mass is 10.0. The average molecular weight is 290 g/mol. The Morgan fingerprint density at radius 2 is 2.19 bits per heavy atom. The van der Waals surface area contributed by atoms with Crippen molar-refractivity contribution in [2.24, 2.45) is 0 Å². The number of carbonyl (C=O) groups excluding carboxylic acids is 1. The summed E-state index contributed by atoms with van der Waals surface area (Å²) in [5.74, 6) is 0.581. The zero-order valence-corrected chi connectivity index (χ0v) is 13.5. The number of hydrogen-bond acceptors (Lipinski definition) is 4. The summed E-state index contributed by atoms with van der Waals surface area (Å²) in [7, 11) is 0. The van der Waals surface area contributed by atoms with Crippen molar-refractivity contribution in [1.29, 1.82) is 0 Å². The van der Waals surface area contributed by atoms with E-state index in [4.69, 9.17) is 0 Å². The molecule has 1 atom stereocenters. The zero-order valence-electron chi connectivity index (χ0n) is 13.5. The van der Waals surface area contributed by atoms with Gasteiger partial charge in [0.2, 0.25) is 5.95 Å².